The zero-order chi connectivity index (χ0) is 14.3. The summed E-state index contributed by atoms with van der Waals surface area (Å²) in [5, 5.41) is 4.72. The number of rotatable bonds is 9. The van der Waals surface area contributed by atoms with Gasteiger partial charge in [-0.05, 0) is 45.7 Å². The van der Waals surface area contributed by atoms with Gasteiger partial charge in [0.25, 0.3) is 0 Å². The summed E-state index contributed by atoms with van der Waals surface area (Å²) in [6.07, 6.45) is 5.43. The summed E-state index contributed by atoms with van der Waals surface area (Å²) in [5.74, 6) is 0.728. The second-order valence-electron chi connectivity index (χ2n) is 5.36. The topological polar surface area (TPSA) is 21.1 Å². The second kappa shape index (κ2) is 8.60. The van der Waals surface area contributed by atoms with Crippen LogP contribution in [0.2, 0.25) is 0 Å². The van der Waals surface area contributed by atoms with E-state index in [1.165, 1.54) is 0 Å². The second-order valence-corrected chi connectivity index (χ2v) is 5.74. The lowest BCUT2D eigenvalue weighted by atomic mass is 10.2. The first-order valence-corrected chi connectivity index (χ1v) is 7.99. The van der Waals surface area contributed by atoms with Crippen molar-refractivity contribution in [3.8, 4) is 0 Å². The summed E-state index contributed by atoms with van der Waals surface area (Å²) >= 11 is 5.79. The molecule has 1 rings (SSSR count). The van der Waals surface area contributed by atoms with Gasteiger partial charge in [-0.15, -0.1) is 11.6 Å². The fourth-order valence-corrected chi connectivity index (χ4v) is 2.44. The molecule has 4 heteroatoms. The molecular weight excluding hydrogens is 258 g/mol. The summed E-state index contributed by atoms with van der Waals surface area (Å²) in [7, 11) is 0. The van der Waals surface area contributed by atoms with Crippen LogP contribution >= 0.6 is 11.6 Å². The highest BCUT2D eigenvalue weighted by atomic mass is 35.5. The predicted octanol–water partition coefficient (Wildman–Crippen LogP) is 4.08. The van der Waals surface area contributed by atoms with Crippen molar-refractivity contribution < 1.29 is 0 Å². The minimum Gasteiger partial charge on any atom is -0.295 e. The maximum atomic E-state index is 5.79. The third kappa shape index (κ3) is 5.15. The minimum atomic E-state index is 0.529. The number of alkyl halides is 1. The van der Waals surface area contributed by atoms with E-state index in [0.717, 1.165) is 43.9 Å². The van der Waals surface area contributed by atoms with Gasteiger partial charge in [0.1, 0.15) is 0 Å². The lowest BCUT2D eigenvalue weighted by Crippen LogP contribution is -2.31. The first kappa shape index (κ1) is 16.5. The number of hydrogen-bond acceptors (Lipinski definition) is 2. The Hall–Kier alpha value is -0.540. The van der Waals surface area contributed by atoms with Crippen LogP contribution in [0.15, 0.2) is 12.3 Å². The molecule has 3 nitrogen and oxygen atoms in total. The van der Waals surface area contributed by atoms with E-state index in [4.69, 9.17) is 16.7 Å². The summed E-state index contributed by atoms with van der Waals surface area (Å²) in [6.45, 7) is 10.9. The van der Waals surface area contributed by atoms with Crippen LogP contribution < -0.4 is 0 Å². The van der Waals surface area contributed by atoms with Crippen molar-refractivity contribution >= 4 is 11.6 Å². The van der Waals surface area contributed by atoms with Crippen molar-refractivity contribution in [1.29, 1.82) is 0 Å². The largest absolute Gasteiger partial charge is 0.295 e. The molecule has 0 amide bonds. The number of halogens is 1. The first-order valence-electron chi connectivity index (χ1n) is 7.46. The van der Waals surface area contributed by atoms with Crippen molar-refractivity contribution in [3.63, 3.8) is 0 Å². The summed E-state index contributed by atoms with van der Waals surface area (Å²) < 4.78 is 2.12. The number of hydrogen-bond donors (Lipinski definition) is 0. The van der Waals surface area contributed by atoms with Gasteiger partial charge in [-0.3, -0.25) is 9.58 Å². The van der Waals surface area contributed by atoms with E-state index in [1.807, 2.05) is 0 Å². The Kier molecular flexibility index (Phi) is 7.47. The van der Waals surface area contributed by atoms with Gasteiger partial charge in [0, 0.05) is 24.7 Å². The molecule has 110 valence electrons. The smallest absolute Gasteiger partial charge is 0.0764 e. The highest BCUT2D eigenvalue weighted by Gasteiger charge is 2.13. The molecule has 0 saturated heterocycles. The highest BCUT2D eigenvalue weighted by Crippen LogP contribution is 2.15. The Balaban J connectivity index is 2.64. The van der Waals surface area contributed by atoms with Crippen LogP contribution in [0.1, 0.15) is 58.7 Å². The van der Waals surface area contributed by atoms with E-state index >= 15 is 0 Å². The van der Waals surface area contributed by atoms with E-state index in [1.54, 1.807) is 0 Å². The van der Waals surface area contributed by atoms with Crippen LogP contribution in [-0.2, 0) is 6.54 Å². The molecule has 0 saturated carbocycles. The van der Waals surface area contributed by atoms with Crippen LogP contribution in [0.25, 0.3) is 0 Å². The Morgan fingerprint density at radius 3 is 2.53 bits per heavy atom. The quantitative estimate of drug-likeness (QED) is 0.638. The summed E-state index contributed by atoms with van der Waals surface area (Å²) in [5.41, 5.74) is 1.16. The van der Waals surface area contributed by atoms with Gasteiger partial charge in [0.2, 0.25) is 0 Å². The lowest BCUT2D eigenvalue weighted by molar-refractivity contribution is 0.210. The van der Waals surface area contributed by atoms with Gasteiger partial charge in [0.15, 0.2) is 0 Å². The van der Waals surface area contributed by atoms with Gasteiger partial charge in [0.05, 0.1) is 11.7 Å². The average molecular weight is 286 g/mol. The molecule has 0 N–H and O–H groups in total. The van der Waals surface area contributed by atoms with E-state index in [2.05, 4.69) is 49.5 Å². The molecule has 0 aliphatic heterocycles. The normalized spacial score (nSPS) is 12.0. The number of nitrogens with zero attached hydrogens (tertiary/aromatic N) is 3. The van der Waals surface area contributed by atoms with Crippen molar-refractivity contribution in [2.45, 2.75) is 65.6 Å². The van der Waals surface area contributed by atoms with E-state index in [-0.39, 0.29) is 0 Å². The van der Waals surface area contributed by atoms with Crippen molar-refractivity contribution in [1.82, 2.24) is 14.7 Å². The van der Waals surface area contributed by atoms with E-state index in [0.29, 0.717) is 12.1 Å². The fraction of sp³-hybridized carbons (Fsp3) is 0.800. The molecule has 0 spiro atoms. The SMILES string of the molecule is CCC(CC)n1ccc(CN(CCCCl)C(C)C)n1. The maximum Gasteiger partial charge on any atom is 0.0764 e. The first-order chi connectivity index (χ1) is 9.12. The average Bonchev–Trinajstić information content (AvgIpc) is 2.84. The molecule has 1 aromatic heterocycles. The van der Waals surface area contributed by atoms with Crippen LogP contribution in [0.3, 0.4) is 0 Å². The molecule has 1 aromatic rings. The molecule has 19 heavy (non-hydrogen) atoms. The van der Waals surface area contributed by atoms with Gasteiger partial charge in [-0.25, -0.2) is 0 Å². The number of aromatic nitrogens is 2. The molecule has 1 heterocycles. The van der Waals surface area contributed by atoms with Crippen LogP contribution in [-0.4, -0.2) is 33.1 Å². The third-order valence-corrected chi connectivity index (χ3v) is 3.92. The standard InChI is InChI=1S/C15H28ClN3/c1-5-15(6-2)19-11-8-14(17-19)12-18(13(3)4)10-7-9-16/h8,11,13,15H,5-7,9-10,12H2,1-4H3. The molecule has 0 fully saturated rings. The summed E-state index contributed by atoms with van der Waals surface area (Å²) in [6, 6.07) is 3.21. The van der Waals surface area contributed by atoms with Crippen LogP contribution in [0, 0.1) is 0 Å². The van der Waals surface area contributed by atoms with Crippen molar-refractivity contribution in [3.05, 3.63) is 18.0 Å². The van der Waals surface area contributed by atoms with E-state index in [9.17, 15) is 0 Å². The Bertz CT molecular complexity index is 345. The molecule has 0 radical (unpaired) electrons. The maximum absolute atomic E-state index is 5.79. The van der Waals surface area contributed by atoms with Gasteiger partial charge in [-0.1, -0.05) is 13.8 Å². The van der Waals surface area contributed by atoms with Gasteiger partial charge in [-0.2, -0.15) is 5.10 Å². The minimum absolute atomic E-state index is 0.529. The van der Waals surface area contributed by atoms with Crippen molar-refractivity contribution in [2.75, 3.05) is 12.4 Å². The zero-order valence-electron chi connectivity index (χ0n) is 12.8. The highest BCUT2D eigenvalue weighted by molar-refractivity contribution is 6.17. The molecule has 0 bridgehead atoms. The van der Waals surface area contributed by atoms with E-state index < -0.39 is 0 Å². The molecule has 0 aliphatic rings. The van der Waals surface area contributed by atoms with Gasteiger partial charge < -0.3 is 0 Å². The molecule has 0 aliphatic carbocycles. The third-order valence-electron chi connectivity index (χ3n) is 3.65. The van der Waals surface area contributed by atoms with Crippen LogP contribution in [0.5, 0.6) is 0 Å². The van der Waals surface area contributed by atoms with Crippen LogP contribution in [0.4, 0.5) is 0 Å². The lowest BCUT2D eigenvalue weighted by Gasteiger charge is -2.25. The molecule has 0 unspecified atom stereocenters. The Labute approximate surface area is 122 Å². The summed E-state index contributed by atoms with van der Waals surface area (Å²) in [4.78, 5) is 2.43. The molecular formula is C15H28ClN3. The van der Waals surface area contributed by atoms with Crippen molar-refractivity contribution in [2.24, 2.45) is 0 Å². The monoisotopic (exact) mass is 285 g/mol. The Morgan fingerprint density at radius 1 is 1.32 bits per heavy atom. The van der Waals surface area contributed by atoms with Gasteiger partial charge >= 0.3 is 0 Å². The molecule has 0 atom stereocenters. The zero-order valence-corrected chi connectivity index (χ0v) is 13.5. The Morgan fingerprint density at radius 2 is 2.00 bits per heavy atom. The predicted molar refractivity (Wildman–Crippen MR) is 82.7 cm³/mol. The fourth-order valence-electron chi connectivity index (χ4n) is 2.32. The molecule has 0 aromatic carbocycles.